The molecule has 27 heavy (non-hydrogen) atoms. The van der Waals surface area contributed by atoms with E-state index in [9.17, 15) is 10.1 Å². The number of hydrogen-bond acceptors (Lipinski definition) is 7. The van der Waals surface area contributed by atoms with E-state index >= 15 is 0 Å². The molecular formula is C19H19N5O3. The monoisotopic (exact) mass is 365 g/mol. The van der Waals surface area contributed by atoms with Gasteiger partial charge in [-0.05, 0) is 31.0 Å². The molecule has 1 saturated heterocycles. The first-order valence-corrected chi connectivity index (χ1v) is 8.77. The number of aromatic nitrogens is 2. The highest BCUT2D eigenvalue weighted by Crippen LogP contribution is 2.35. The molecule has 2 aromatic carbocycles. The van der Waals surface area contributed by atoms with Gasteiger partial charge < -0.3 is 15.0 Å². The quantitative estimate of drug-likeness (QED) is 0.541. The van der Waals surface area contributed by atoms with Crippen LogP contribution in [-0.4, -0.2) is 35.1 Å². The molecule has 2 heterocycles. The summed E-state index contributed by atoms with van der Waals surface area (Å²) in [6.07, 6.45) is 2.24. The number of nitrogens with one attached hydrogen (secondary N) is 1. The van der Waals surface area contributed by atoms with Crippen molar-refractivity contribution in [1.82, 2.24) is 9.97 Å². The summed E-state index contributed by atoms with van der Waals surface area (Å²) in [7, 11) is 1.48. The minimum atomic E-state index is -0.447. The lowest BCUT2D eigenvalue weighted by Crippen LogP contribution is -2.21. The van der Waals surface area contributed by atoms with Gasteiger partial charge in [-0.1, -0.05) is 12.1 Å². The van der Waals surface area contributed by atoms with Crippen LogP contribution in [-0.2, 0) is 0 Å². The molecular weight excluding hydrogens is 346 g/mol. The predicted octanol–water partition coefficient (Wildman–Crippen LogP) is 3.89. The zero-order valence-corrected chi connectivity index (χ0v) is 14.9. The Morgan fingerprint density at radius 1 is 1.11 bits per heavy atom. The molecule has 0 saturated carbocycles. The van der Waals surface area contributed by atoms with Gasteiger partial charge in [-0.3, -0.25) is 10.1 Å². The largest absolute Gasteiger partial charge is 0.494 e. The highest BCUT2D eigenvalue weighted by atomic mass is 16.6. The van der Waals surface area contributed by atoms with Crippen LogP contribution in [0.1, 0.15) is 12.8 Å². The summed E-state index contributed by atoms with van der Waals surface area (Å²) >= 11 is 0. The highest BCUT2D eigenvalue weighted by Gasteiger charge is 2.21. The van der Waals surface area contributed by atoms with Crippen molar-refractivity contribution in [2.24, 2.45) is 0 Å². The van der Waals surface area contributed by atoms with E-state index in [0.717, 1.165) is 42.8 Å². The molecule has 3 aromatic rings. The zero-order valence-electron chi connectivity index (χ0n) is 14.9. The third kappa shape index (κ3) is 3.33. The Labute approximate surface area is 156 Å². The van der Waals surface area contributed by atoms with Gasteiger partial charge in [0.1, 0.15) is 5.75 Å². The number of non-ortho nitro benzene ring substituents is 1. The predicted molar refractivity (Wildman–Crippen MR) is 104 cm³/mol. The average Bonchev–Trinajstić information content (AvgIpc) is 3.22. The normalized spacial score (nSPS) is 13.7. The maximum absolute atomic E-state index is 11.0. The van der Waals surface area contributed by atoms with Crippen molar-refractivity contribution in [2.45, 2.75) is 12.8 Å². The molecule has 1 aliphatic rings. The van der Waals surface area contributed by atoms with Crippen molar-refractivity contribution < 1.29 is 9.66 Å². The van der Waals surface area contributed by atoms with Crippen LogP contribution < -0.4 is 15.0 Å². The standard InChI is InChI=1S/C19H19N5O3/c1-27-17-12-13(24(25)26)8-9-16(17)21-18-19(23-10-4-5-11-23)22-15-7-3-2-6-14(15)20-18/h2-3,6-9,12H,4-5,10-11H2,1H3,(H,20,21). The van der Waals surface area contributed by atoms with Crippen LogP contribution in [0.5, 0.6) is 5.75 Å². The van der Waals surface area contributed by atoms with Crippen molar-refractivity contribution in [3.63, 3.8) is 0 Å². The van der Waals surface area contributed by atoms with Crippen molar-refractivity contribution in [1.29, 1.82) is 0 Å². The molecule has 0 bridgehead atoms. The smallest absolute Gasteiger partial charge is 0.273 e. The number of anilines is 3. The number of fused-ring (bicyclic) bond motifs is 1. The van der Waals surface area contributed by atoms with E-state index in [1.54, 1.807) is 6.07 Å². The second-order valence-corrected chi connectivity index (χ2v) is 6.35. The third-order valence-corrected chi connectivity index (χ3v) is 4.61. The minimum Gasteiger partial charge on any atom is -0.494 e. The number of hydrogen-bond donors (Lipinski definition) is 1. The number of nitrogens with zero attached hydrogens (tertiary/aromatic N) is 4. The molecule has 0 radical (unpaired) electrons. The lowest BCUT2D eigenvalue weighted by molar-refractivity contribution is -0.384. The van der Waals surface area contributed by atoms with E-state index in [1.807, 2.05) is 24.3 Å². The van der Waals surface area contributed by atoms with Crippen molar-refractivity contribution in [3.8, 4) is 5.75 Å². The van der Waals surface area contributed by atoms with Gasteiger partial charge in [0, 0.05) is 19.2 Å². The number of nitro benzene ring substituents is 1. The molecule has 1 fully saturated rings. The molecule has 0 atom stereocenters. The Bertz CT molecular complexity index is 1000. The average molecular weight is 365 g/mol. The van der Waals surface area contributed by atoms with E-state index in [2.05, 4.69) is 10.2 Å². The minimum absolute atomic E-state index is 0.0261. The topological polar surface area (TPSA) is 93.4 Å². The van der Waals surface area contributed by atoms with Crippen LogP contribution in [0.3, 0.4) is 0 Å². The van der Waals surface area contributed by atoms with Gasteiger partial charge in [0.15, 0.2) is 11.6 Å². The Kier molecular flexibility index (Phi) is 4.45. The van der Waals surface area contributed by atoms with Crippen LogP contribution in [0.15, 0.2) is 42.5 Å². The lowest BCUT2D eigenvalue weighted by Gasteiger charge is -2.21. The first-order valence-electron chi connectivity index (χ1n) is 8.77. The number of nitro groups is 1. The summed E-state index contributed by atoms with van der Waals surface area (Å²) in [6.45, 7) is 1.86. The first kappa shape index (κ1) is 17.0. The summed E-state index contributed by atoms with van der Waals surface area (Å²) in [6, 6.07) is 12.2. The second-order valence-electron chi connectivity index (χ2n) is 6.35. The summed E-state index contributed by atoms with van der Waals surface area (Å²) in [5, 5.41) is 14.3. The van der Waals surface area contributed by atoms with Crippen LogP contribution in [0, 0.1) is 10.1 Å². The van der Waals surface area contributed by atoms with Crippen molar-refractivity contribution in [2.75, 3.05) is 30.4 Å². The summed E-state index contributed by atoms with van der Waals surface area (Å²) in [5.74, 6) is 1.78. The first-order chi connectivity index (χ1) is 13.2. The number of rotatable bonds is 5. The summed E-state index contributed by atoms with van der Waals surface area (Å²) in [5.41, 5.74) is 2.19. The maximum Gasteiger partial charge on any atom is 0.273 e. The van der Waals surface area contributed by atoms with Gasteiger partial charge in [-0.25, -0.2) is 9.97 Å². The molecule has 1 aromatic heterocycles. The Morgan fingerprint density at radius 2 is 1.81 bits per heavy atom. The van der Waals surface area contributed by atoms with Crippen LogP contribution in [0.25, 0.3) is 11.0 Å². The number of ether oxygens (including phenoxy) is 1. The van der Waals surface area contributed by atoms with E-state index in [1.165, 1.54) is 19.2 Å². The van der Waals surface area contributed by atoms with E-state index in [0.29, 0.717) is 17.3 Å². The number of methoxy groups -OCH3 is 1. The van der Waals surface area contributed by atoms with E-state index in [4.69, 9.17) is 14.7 Å². The molecule has 1 N–H and O–H groups in total. The summed E-state index contributed by atoms with van der Waals surface area (Å²) in [4.78, 5) is 22.3. The fraction of sp³-hybridized carbons (Fsp3) is 0.263. The SMILES string of the molecule is COc1cc([N+](=O)[O-])ccc1Nc1nc2ccccc2nc1N1CCCC1. The molecule has 138 valence electrons. The molecule has 8 heteroatoms. The molecule has 8 nitrogen and oxygen atoms in total. The molecule has 0 amide bonds. The van der Waals surface area contributed by atoms with E-state index in [-0.39, 0.29) is 5.69 Å². The molecule has 0 aliphatic carbocycles. The molecule has 1 aliphatic heterocycles. The van der Waals surface area contributed by atoms with Gasteiger partial charge in [0.25, 0.3) is 5.69 Å². The van der Waals surface area contributed by atoms with Gasteiger partial charge >= 0.3 is 0 Å². The molecule has 4 rings (SSSR count). The molecule has 0 spiro atoms. The lowest BCUT2D eigenvalue weighted by atomic mass is 10.2. The maximum atomic E-state index is 11.0. The van der Waals surface area contributed by atoms with Gasteiger partial charge in [0.05, 0.1) is 34.8 Å². The number of benzene rings is 2. The Morgan fingerprint density at radius 3 is 2.48 bits per heavy atom. The third-order valence-electron chi connectivity index (χ3n) is 4.61. The summed E-state index contributed by atoms with van der Waals surface area (Å²) < 4.78 is 5.33. The van der Waals surface area contributed by atoms with E-state index < -0.39 is 4.92 Å². The molecule has 0 unspecified atom stereocenters. The van der Waals surface area contributed by atoms with Crippen LogP contribution in [0.2, 0.25) is 0 Å². The zero-order chi connectivity index (χ0) is 18.8. The van der Waals surface area contributed by atoms with Crippen LogP contribution >= 0.6 is 0 Å². The fourth-order valence-corrected chi connectivity index (χ4v) is 3.25. The van der Waals surface area contributed by atoms with Gasteiger partial charge in [0.2, 0.25) is 0 Å². The Balaban J connectivity index is 1.78. The highest BCUT2D eigenvalue weighted by molar-refractivity contribution is 5.83. The van der Waals surface area contributed by atoms with Crippen molar-refractivity contribution >= 4 is 34.0 Å². The van der Waals surface area contributed by atoms with Gasteiger partial charge in [-0.15, -0.1) is 0 Å². The number of para-hydroxylation sites is 2. The van der Waals surface area contributed by atoms with Crippen LogP contribution in [0.4, 0.5) is 23.0 Å². The second kappa shape index (κ2) is 7.06. The van der Waals surface area contributed by atoms with Gasteiger partial charge in [-0.2, -0.15) is 0 Å². The van der Waals surface area contributed by atoms with Crippen molar-refractivity contribution in [3.05, 3.63) is 52.6 Å². The fourth-order valence-electron chi connectivity index (χ4n) is 3.25. The Hall–Kier alpha value is -3.42.